The first-order chi connectivity index (χ1) is 13.0. The third-order valence-corrected chi connectivity index (χ3v) is 6.52. The van der Waals surface area contributed by atoms with Crippen molar-refractivity contribution in [3.63, 3.8) is 0 Å². The van der Waals surface area contributed by atoms with Gasteiger partial charge in [-0.1, -0.05) is 12.1 Å². The Labute approximate surface area is 164 Å². The predicted octanol–water partition coefficient (Wildman–Crippen LogP) is 2.98. The van der Waals surface area contributed by atoms with Crippen molar-refractivity contribution in [1.29, 1.82) is 0 Å². The Bertz CT molecular complexity index is 973. The molecule has 0 saturated carbocycles. The first kappa shape index (κ1) is 20.7. The molecule has 0 bridgehead atoms. The van der Waals surface area contributed by atoms with Gasteiger partial charge in [-0.05, 0) is 25.0 Å². The van der Waals surface area contributed by atoms with Gasteiger partial charge in [0.15, 0.2) is 0 Å². The van der Waals surface area contributed by atoms with E-state index in [9.17, 15) is 26.4 Å². The van der Waals surface area contributed by atoms with E-state index in [2.05, 4.69) is 10.3 Å². The van der Waals surface area contributed by atoms with Crippen LogP contribution < -0.4 is 5.32 Å². The second-order valence-corrected chi connectivity index (χ2v) is 9.39. The van der Waals surface area contributed by atoms with Crippen LogP contribution in [0.4, 0.5) is 13.2 Å². The summed E-state index contributed by atoms with van der Waals surface area (Å²) in [7, 11) is -3.33. The number of rotatable bonds is 4. The molecule has 1 aliphatic heterocycles. The highest BCUT2D eigenvalue weighted by Crippen LogP contribution is 2.33. The van der Waals surface area contributed by atoms with Gasteiger partial charge in [0.25, 0.3) is 5.91 Å². The lowest BCUT2D eigenvalue weighted by atomic mass is 10.1. The molecule has 6 nitrogen and oxygen atoms in total. The summed E-state index contributed by atoms with van der Waals surface area (Å²) >= 11 is 1.07. The van der Waals surface area contributed by atoms with Gasteiger partial charge in [0.2, 0.25) is 10.0 Å². The van der Waals surface area contributed by atoms with Crippen LogP contribution in [0.5, 0.6) is 0 Å². The van der Waals surface area contributed by atoms with Crippen LogP contribution in [0.2, 0.25) is 0 Å². The number of benzene rings is 1. The van der Waals surface area contributed by atoms with Crippen molar-refractivity contribution >= 4 is 27.3 Å². The van der Waals surface area contributed by atoms with E-state index in [-0.39, 0.29) is 23.8 Å². The number of carbonyl (C=O) groups is 1. The molecule has 1 fully saturated rings. The van der Waals surface area contributed by atoms with Crippen molar-refractivity contribution in [3.05, 3.63) is 40.9 Å². The van der Waals surface area contributed by atoms with Crippen molar-refractivity contribution in [3.8, 4) is 10.6 Å². The summed E-state index contributed by atoms with van der Waals surface area (Å²) in [5.41, 5.74) is -0.414. The number of nitrogens with one attached hydrogen (secondary N) is 1. The molecule has 0 radical (unpaired) electrons. The second-order valence-electron chi connectivity index (χ2n) is 6.55. The zero-order chi connectivity index (χ0) is 20.5. The standard InChI is InChI=1S/C17H18F3N3O3S2/c1-28(25,26)23-7-3-6-13(9-23)21-15(24)14-10-27-16(22-14)11-4-2-5-12(8-11)17(18,19)20/h2,4-5,8,10,13H,3,6-7,9H2,1H3,(H,21,24). The van der Waals surface area contributed by atoms with Gasteiger partial charge in [-0.3, -0.25) is 4.79 Å². The lowest BCUT2D eigenvalue weighted by Gasteiger charge is -2.31. The van der Waals surface area contributed by atoms with Crippen molar-refractivity contribution < 1.29 is 26.4 Å². The van der Waals surface area contributed by atoms with Crippen LogP contribution in [0, 0.1) is 0 Å². The summed E-state index contributed by atoms with van der Waals surface area (Å²) in [5, 5.41) is 4.53. The highest BCUT2D eigenvalue weighted by atomic mass is 32.2. The molecule has 1 atom stereocenters. The quantitative estimate of drug-likeness (QED) is 0.804. The van der Waals surface area contributed by atoms with Gasteiger partial charge in [-0.15, -0.1) is 11.3 Å². The summed E-state index contributed by atoms with van der Waals surface area (Å²) in [4.78, 5) is 16.6. The fraction of sp³-hybridized carbons (Fsp3) is 0.412. The number of hydrogen-bond acceptors (Lipinski definition) is 5. The van der Waals surface area contributed by atoms with E-state index in [4.69, 9.17) is 0 Å². The Morgan fingerprint density at radius 3 is 2.79 bits per heavy atom. The number of carbonyl (C=O) groups excluding carboxylic acids is 1. The van der Waals surface area contributed by atoms with Crippen molar-refractivity contribution in [2.45, 2.75) is 25.1 Å². The fourth-order valence-corrected chi connectivity index (χ4v) is 4.67. The third-order valence-electron chi connectivity index (χ3n) is 4.36. The Morgan fingerprint density at radius 1 is 1.36 bits per heavy atom. The highest BCUT2D eigenvalue weighted by molar-refractivity contribution is 7.88. The van der Waals surface area contributed by atoms with E-state index >= 15 is 0 Å². The van der Waals surface area contributed by atoms with Crippen LogP contribution in [0.1, 0.15) is 28.9 Å². The minimum absolute atomic E-state index is 0.0916. The van der Waals surface area contributed by atoms with E-state index in [1.807, 2.05) is 0 Å². The molecule has 1 aliphatic rings. The van der Waals surface area contributed by atoms with Crippen LogP contribution in [-0.4, -0.2) is 49.0 Å². The topological polar surface area (TPSA) is 79.4 Å². The molecule has 0 spiro atoms. The molecule has 152 valence electrons. The number of nitrogens with zero attached hydrogens (tertiary/aromatic N) is 2. The zero-order valence-electron chi connectivity index (χ0n) is 14.9. The Kier molecular flexibility index (Phi) is 5.78. The Morgan fingerprint density at radius 2 is 2.11 bits per heavy atom. The van der Waals surface area contributed by atoms with Gasteiger partial charge in [0.05, 0.1) is 11.8 Å². The van der Waals surface area contributed by atoms with Crippen LogP contribution in [0.15, 0.2) is 29.6 Å². The van der Waals surface area contributed by atoms with Crippen molar-refractivity contribution in [2.75, 3.05) is 19.3 Å². The lowest BCUT2D eigenvalue weighted by molar-refractivity contribution is -0.137. The molecule has 11 heteroatoms. The zero-order valence-corrected chi connectivity index (χ0v) is 16.5. The maximum Gasteiger partial charge on any atom is 0.416 e. The van der Waals surface area contributed by atoms with Gasteiger partial charge >= 0.3 is 6.18 Å². The molecule has 1 aromatic carbocycles. The lowest BCUT2D eigenvalue weighted by Crippen LogP contribution is -2.49. The summed E-state index contributed by atoms with van der Waals surface area (Å²) in [6.45, 7) is 0.608. The molecule has 3 rings (SSSR count). The van der Waals surface area contributed by atoms with E-state index in [1.165, 1.54) is 21.8 Å². The monoisotopic (exact) mass is 433 g/mol. The predicted molar refractivity (Wildman–Crippen MR) is 99.5 cm³/mol. The second kappa shape index (κ2) is 7.80. The molecule has 1 unspecified atom stereocenters. The average Bonchev–Trinajstić information content (AvgIpc) is 3.11. The van der Waals surface area contributed by atoms with E-state index in [1.54, 1.807) is 0 Å². The van der Waals surface area contributed by atoms with Gasteiger partial charge < -0.3 is 5.32 Å². The number of halogens is 3. The summed E-state index contributed by atoms with van der Waals surface area (Å²) < 4.78 is 63.2. The average molecular weight is 433 g/mol. The molecule has 1 N–H and O–H groups in total. The highest BCUT2D eigenvalue weighted by Gasteiger charge is 2.31. The van der Waals surface area contributed by atoms with E-state index in [0.29, 0.717) is 24.4 Å². The molecule has 2 aromatic rings. The largest absolute Gasteiger partial charge is 0.416 e. The molecule has 1 saturated heterocycles. The number of sulfonamides is 1. The number of alkyl halides is 3. The van der Waals surface area contributed by atoms with Crippen LogP contribution >= 0.6 is 11.3 Å². The van der Waals surface area contributed by atoms with E-state index < -0.39 is 27.7 Å². The number of hydrogen-bond donors (Lipinski definition) is 1. The summed E-state index contributed by atoms with van der Waals surface area (Å²) in [6.07, 6.45) is -2.06. The summed E-state index contributed by atoms with van der Waals surface area (Å²) in [6, 6.07) is 4.42. The minimum atomic E-state index is -4.46. The maximum atomic E-state index is 12.9. The smallest absolute Gasteiger partial charge is 0.347 e. The molecular formula is C17H18F3N3O3S2. The van der Waals surface area contributed by atoms with Crippen LogP contribution in [0.3, 0.4) is 0 Å². The number of piperidine rings is 1. The first-order valence-electron chi connectivity index (χ1n) is 8.43. The molecular weight excluding hydrogens is 415 g/mol. The Balaban J connectivity index is 1.71. The SMILES string of the molecule is CS(=O)(=O)N1CCCC(NC(=O)c2csc(-c3cccc(C(F)(F)F)c3)n2)C1. The maximum absolute atomic E-state index is 12.9. The van der Waals surface area contributed by atoms with Crippen LogP contribution in [0.25, 0.3) is 10.6 Å². The van der Waals surface area contributed by atoms with Crippen LogP contribution in [-0.2, 0) is 16.2 Å². The number of thiazole rings is 1. The van der Waals surface area contributed by atoms with E-state index in [0.717, 1.165) is 29.7 Å². The minimum Gasteiger partial charge on any atom is -0.347 e. The number of amides is 1. The van der Waals surface area contributed by atoms with Gasteiger partial charge in [0.1, 0.15) is 10.7 Å². The van der Waals surface area contributed by atoms with Gasteiger partial charge in [-0.25, -0.2) is 17.7 Å². The Hall–Kier alpha value is -1.98. The normalized spacial score (nSPS) is 18.8. The van der Waals surface area contributed by atoms with Gasteiger partial charge in [0, 0.05) is 30.1 Å². The van der Waals surface area contributed by atoms with Gasteiger partial charge in [-0.2, -0.15) is 13.2 Å². The number of aromatic nitrogens is 1. The molecule has 1 aromatic heterocycles. The summed E-state index contributed by atoms with van der Waals surface area (Å²) in [5.74, 6) is -0.477. The van der Waals surface area contributed by atoms with Crippen molar-refractivity contribution in [1.82, 2.24) is 14.6 Å². The fourth-order valence-electron chi connectivity index (χ4n) is 2.96. The molecule has 2 heterocycles. The molecule has 28 heavy (non-hydrogen) atoms. The molecule has 0 aliphatic carbocycles. The molecule has 1 amide bonds. The third kappa shape index (κ3) is 4.89. The van der Waals surface area contributed by atoms with Crippen molar-refractivity contribution in [2.24, 2.45) is 0 Å². The first-order valence-corrected chi connectivity index (χ1v) is 11.2.